The highest BCUT2D eigenvalue weighted by Gasteiger charge is 2.23. The molecule has 1 N–H and O–H groups in total. The molecule has 1 aromatic heterocycles. The number of nitrogens with zero attached hydrogens (tertiary/aromatic N) is 1. The van der Waals surface area contributed by atoms with Crippen LogP contribution in [0.25, 0.3) is 11.3 Å². The zero-order valence-corrected chi connectivity index (χ0v) is 17.2. The van der Waals surface area contributed by atoms with E-state index in [4.69, 9.17) is 0 Å². The first-order valence-electron chi connectivity index (χ1n) is 9.09. The van der Waals surface area contributed by atoms with E-state index in [2.05, 4.69) is 22.4 Å². The zero-order valence-electron chi connectivity index (χ0n) is 15.6. The number of aryl methyl sites for hydroxylation is 2. The molecule has 28 heavy (non-hydrogen) atoms. The molecule has 3 aromatic rings. The van der Waals surface area contributed by atoms with Crippen LogP contribution in [0.2, 0.25) is 0 Å². The number of fused-ring (bicyclic) bond motifs is 3. The molecule has 0 fully saturated rings. The van der Waals surface area contributed by atoms with Crippen LogP contribution in [-0.2, 0) is 22.7 Å². The molecule has 1 heterocycles. The van der Waals surface area contributed by atoms with Crippen LogP contribution in [0, 0.1) is 0 Å². The summed E-state index contributed by atoms with van der Waals surface area (Å²) in [7, 11) is -3.43. The maximum Gasteiger partial charge on any atom is 0.257 e. The van der Waals surface area contributed by atoms with Crippen molar-refractivity contribution in [2.45, 2.75) is 36.8 Å². The first kappa shape index (κ1) is 18.8. The van der Waals surface area contributed by atoms with E-state index >= 15 is 0 Å². The van der Waals surface area contributed by atoms with Crippen LogP contribution in [0.15, 0.2) is 53.4 Å². The molecule has 5 nitrogen and oxygen atoms in total. The molecule has 1 amide bonds. The Morgan fingerprint density at radius 2 is 1.89 bits per heavy atom. The highest BCUT2D eigenvalue weighted by atomic mass is 32.2. The Morgan fingerprint density at radius 3 is 2.68 bits per heavy atom. The van der Waals surface area contributed by atoms with Gasteiger partial charge in [-0.25, -0.2) is 13.4 Å². The fourth-order valence-electron chi connectivity index (χ4n) is 3.26. The third-order valence-electron chi connectivity index (χ3n) is 4.86. The van der Waals surface area contributed by atoms with Crippen LogP contribution in [0.5, 0.6) is 0 Å². The molecular formula is C21H20N2O3S2. The number of carbonyl (C=O) groups is 1. The number of hydrogen-bond acceptors (Lipinski definition) is 5. The Hall–Kier alpha value is -2.51. The molecule has 0 saturated carbocycles. The van der Waals surface area contributed by atoms with Gasteiger partial charge in [0.2, 0.25) is 0 Å². The van der Waals surface area contributed by atoms with Crippen LogP contribution in [0.1, 0.15) is 34.6 Å². The van der Waals surface area contributed by atoms with Crippen molar-refractivity contribution in [1.82, 2.24) is 4.98 Å². The summed E-state index contributed by atoms with van der Waals surface area (Å²) in [6, 6.07) is 14.3. The average Bonchev–Trinajstić information content (AvgIpc) is 3.11. The minimum atomic E-state index is -3.43. The molecule has 1 aliphatic carbocycles. The lowest BCUT2D eigenvalue weighted by atomic mass is 9.94. The Kier molecular flexibility index (Phi) is 4.81. The second kappa shape index (κ2) is 7.14. The van der Waals surface area contributed by atoms with Crippen molar-refractivity contribution in [3.63, 3.8) is 0 Å². The van der Waals surface area contributed by atoms with Crippen LogP contribution in [0.4, 0.5) is 5.13 Å². The van der Waals surface area contributed by atoms with E-state index in [1.54, 1.807) is 26.0 Å². The van der Waals surface area contributed by atoms with E-state index in [9.17, 15) is 13.2 Å². The third-order valence-corrected chi connectivity index (χ3v) is 8.04. The van der Waals surface area contributed by atoms with Gasteiger partial charge in [0.15, 0.2) is 15.0 Å². The lowest BCUT2D eigenvalue weighted by Crippen LogP contribution is -2.16. The summed E-state index contributed by atoms with van der Waals surface area (Å²) in [6.07, 6.45) is 1.87. The summed E-state index contributed by atoms with van der Waals surface area (Å²) in [4.78, 5) is 18.6. The maximum atomic E-state index is 12.7. The van der Waals surface area contributed by atoms with Gasteiger partial charge in [-0.1, -0.05) is 30.3 Å². The molecule has 0 saturated heterocycles. The molecule has 0 unspecified atom stereocenters. The van der Waals surface area contributed by atoms with E-state index < -0.39 is 15.1 Å². The Balaban J connectivity index is 1.60. The SMILES string of the molecule is CC(C)S(=O)(=O)c1cccc(C(=O)Nc2nc3c(s2)CCc2ccccc2-3)c1. The van der Waals surface area contributed by atoms with Crippen molar-refractivity contribution in [3.8, 4) is 11.3 Å². The van der Waals surface area contributed by atoms with Crippen molar-refractivity contribution >= 4 is 32.2 Å². The van der Waals surface area contributed by atoms with Gasteiger partial charge in [-0.3, -0.25) is 10.1 Å². The summed E-state index contributed by atoms with van der Waals surface area (Å²) in [5.74, 6) is -0.361. The first-order chi connectivity index (χ1) is 13.4. The molecule has 0 aliphatic heterocycles. The molecular weight excluding hydrogens is 392 g/mol. The zero-order chi connectivity index (χ0) is 19.9. The van der Waals surface area contributed by atoms with Crippen LogP contribution in [-0.4, -0.2) is 24.6 Å². The van der Waals surface area contributed by atoms with E-state index in [1.165, 1.54) is 29.0 Å². The summed E-state index contributed by atoms with van der Waals surface area (Å²) < 4.78 is 24.7. The van der Waals surface area contributed by atoms with Gasteiger partial charge < -0.3 is 0 Å². The maximum absolute atomic E-state index is 12.7. The van der Waals surface area contributed by atoms with Gasteiger partial charge in [-0.05, 0) is 50.5 Å². The quantitative estimate of drug-likeness (QED) is 0.691. The van der Waals surface area contributed by atoms with Gasteiger partial charge in [0, 0.05) is 16.0 Å². The van der Waals surface area contributed by atoms with Crippen LogP contribution in [0.3, 0.4) is 0 Å². The average molecular weight is 413 g/mol. The number of rotatable bonds is 4. The number of thiazole rings is 1. The molecule has 1 aliphatic rings. The number of benzene rings is 2. The topological polar surface area (TPSA) is 76.1 Å². The van der Waals surface area contributed by atoms with E-state index in [1.807, 2.05) is 12.1 Å². The second-order valence-electron chi connectivity index (χ2n) is 7.02. The number of aromatic nitrogens is 1. The van der Waals surface area contributed by atoms with Gasteiger partial charge in [-0.2, -0.15) is 0 Å². The van der Waals surface area contributed by atoms with Gasteiger partial charge in [0.25, 0.3) is 5.91 Å². The highest BCUT2D eigenvalue weighted by Crippen LogP contribution is 2.38. The predicted molar refractivity (Wildman–Crippen MR) is 112 cm³/mol. The first-order valence-corrected chi connectivity index (χ1v) is 11.5. The predicted octanol–water partition coefficient (Wildman–Crippen LogP) is 4.34. The van der Waals surface area contributed by atoms with Gasteiger partial charge in [-0.15, -0.1) is 11.3 Å². The largest absolute Gasteiger partial charge is 0.298 e. The van der Waals surface area contributed by atoms with E-state index in [0.717, 1.165) is 29.0 Å². The van der Waals surface area contributed by atoms with Crippen molar-refractivity contribution in [2.24, 2.45) is 0 Å². The molecule has 7 heteroatoms. The second-order valence-corrected chi connectivity index (χ2v) is 10.6. The van der Waals surface area contributed by atoms with Crippen LogP contribution >= 0.6 is 11.3 Å². The molecule has 4 rings (SSSR count). The van der Waals surface area contributed by atoms with Crippen LogP contribution < -0.4 is 5.32 Å². The molecule has 0 bridgehead atoms. The molecule has 144 valence electrons. The Bertz CT molecular complexity index is 1160. The highest BCUT2D eigenvalue weighted by molar-refractivity contribution is 7.92. The van der Waals surface area contributed by atoms with Gasteiger partial charge >= 0.3 is 0 Å². The fourth-order valence-corrected chi connectivity index (χ4v) is 5.33. The summed E-state index contributed by atoms with van der Waals surface area (Å²) in [6.45, 7) is 3.25. The monoisotopic (exact) mass is 412 g/mol. The Morgan fingerprint density at radius 1 is 1.11 bits per heavy atom. The smallest absolute Gasteiger partial charge is 0.257 e. The number of hydrogen-bond donors (Lipinski definition) is 1. The number of anilines is 1. The van der Waals surface area contributed by atoms with E-state index in [-0.39, 0.29) is 10.8 Å². The molecule has 0 radical (unpaired) electrons. The van der Waals surface area contributed by atoms with Crippen molar-refractivity contribution in [3.05, 3.63) is 64.5 Å². The number of sulfone groups is 1. The van der Waals surface area contributed by atoms with Crippen molar-refractivity contribution in [2.75, 3.05) is 5.32 Å². The third kappa shape index (κ3) is 3.36. The normalized spacial score (nSPS) is 13.1. The fraction of sp³-hybridized carbons (Fsp3) is 0.238. The molecule has 2 aromatic carbocycles. The number of carbonyl (C=O) groups excluding carboxylic acids is 1. The lowest BCUT2D eigenvalue weighted by molar-refractivity contribution is 0.102. The summed E-state index contributed by atoms with van der Waals surface area (Å²) in [5.41, 5.74) is 3.61. The summed E-state index contributed by atoms with van der Waals surface area (Å²) in [5, 5.41) is 2.81. The van der Waals surface area contributed by atoms with Gasteiger partial charge in [0.1, 0.15) is 0 Å². The number of amides is 1. The van der Waals surface area contributed by atoms with Crippen molar-refractivity contribution < 1.29 is 13.2 Å². The van der Waals surface area contributed by atoms with Gasteiger partial charge in [0.05, 0.1) is 15.8 Å². The molecule has 0 atom stereocenters. The van der Waals surface area contributed by atoms with E-state index in [0.29, 0.717) is 10.7 Å². The standard InChI is InChI=1S/C21H20N2O3S2/c1-13(2)28(25,26)16-8-5-7-15(12-16)20(24)23-21-22-19-17-9-4-3-6-14(17)10-11-18(19)27-21/h3-9,12-13H,10-11H2,1-2H3,(H,22,23,24). The molecule has 0 spiro atoms. The Labute approximate surface area is 168 Å². The number of nitrogens with one attached hydrogen (secondary N) is 1. The lowest BCUT2D eigenvalue weighted by Gasteiger charge is -2.13. The summed E-state index contributed by atoms with van der Waals surface area (Å²) >= 11 is 1.48. The van der Waals surface area contributed by atoms with Crippen molar-refractivity contribution in [1.29, 1.82) is 0 Å². The minimum Gasteiger partial charge on any atom is -0.298 e. The minimum absolute atomic E-state index is 0.155.